The third-order valence-corrected chi connectivity index (χ3v) is 2.66. The van der Waals surface area contributed by atoms with Crippen LogP contribution in [0, 0.1) is 11.6 Å². The van der Waals surface area contributed by atoms with Crippen molar-refractivity contribution in [3.63, 3.8) is 0 Å². The maximum absolute atomic E-state index is 13.6. The molecule has 5 heteroatoms. The van der Waals surface area contributed by atoms with Crippen molar-refractivity contribution in [2.75, 3.05) is 7.11 Å². The summed E-state index contributed by atoms with van der Waals surface area (Å²) >= 11 is 0. The summed E-state index contributed by atoms with van der Waals surface area (Å²) in [6.45, 7) is 0. The average Bonchev–Trinajstić information content (AvgIpc) is 2.37. The van der Waals surface area contributed by atoms with Gasteiger partial charge in [-0.15, -0.1) is 0 Å². The van der Waals surface area contributed by atoms with Crippen LogP contribution in [0.4, 0.5) is 8.78 Å². The number of hydrogen-bond donors (Lipinski definition) is 1. The van der Waals surface area contributed by atoms with Crippen molar-refractivity contribution in [3.05, 3.63) is 53.6 Å². The lowest BCUT2D eigenvalue weighted by Crippen LogP contribution is -2.04. The Hall–Kier alpha value is -2.43. The molecule has 0 aliphatic carbocycles. The van der Waals surface area contributed by atoms with Crippen LogP contribution in [0.5, 0.6) is 5.75 Å². The summed E-state index contributed by atoms with van der Waals surface area (Å²) in [7, 11) is 1.48. The Bertz CT molecular complexity index is 615. The summed E-state index contributed by atoms with van der Waals surface area (Å²) in [5.74, 6) is -3.30. The molecule has 0 atom stereocenters. The smallest absolute Gasteiger partial charge is 0.341 e. The monoisotopic (exact) mass is 264 g/mol. The Morgan fingerprint density at radius 2 is 1.74 bits per heavy atom. The lowest BCUT2D eigenvalue weighted by Gasteiger charge is -2.07. The van der Waals surface area contributed by atoms with Crippen molar-refractivity contribution in [3.8, 4) is 16.9 Å². The molecular weight excluding hydrogens is 254 g/mol. The summed E-state index contributed by atoms with van der Waals surface area (Å²) in [4.78, 5) is 10.7. The van der Waals surface area contributed by atoms with Crippen LogP contribution < -0.4 is 4.74 Å². The van der Waals surface area contributed by atoms with Crippen LogP contribution in [0.15, 0.2) is 36.4 Å². The van der Waals surface area contributed by atoms with Crippen LogP contribution in [-0.4, -0.2) is 18.2 Å². The molecule has 3 nitrogen and oxygen atoms in total. The van der Waals surface area contributed by atoms with Gasteiger partial charge in [0.2, 0.25) is 0 Å². The molecule has 19 heavy (non-hydrogen) atoms. The first-order valence-electron chi connectivity index (χ1n) is 5.39. The highest BCUT2D eigenvalue weighted by atomic mass is 19.1. The molecule has 0 unspecified atom stereocenters. The van der Waals surface area contributed by atoms with Crippen molar-refractivity contribution in [2.24, 2.45) is 0 Å². The molecule has 2 aromatic carbocycles. The summed E-state index contributed by atoms with van der Waals surface area (Å²) in [6, 6.07) is 8.60. The van der Waals surface area contributed by atoms with Gasteiger partial charge in [0.15, 0.2) is 0 Å². The fourth-order valence-corrected chi connectivity index (χ4v) is 1.75. The molecule has 0 heterocycles. The third kappa shape index (κ3) is 2.54. The maximum Gasteiger partial charge on any atom is 0.341 e. The number of methoxy groups -OCH3 is 1. The molecule has 0 saturated carbocycles. The number of rotatable bonds is 3. The molecular formula is C14H10F2O3. The Morgan fingerprint density at radius 1 is 1.11 bits per heavy atom. The molecule has 0 radical (unpaired) electrons. The van der Waals surface area contributed by atoms with E-state index in [0.717, 1.165) is 12.1 Å². The number of carboxylic acid groups (broad SMARTS) is 1. The van der Waals surface area contributed by atoms with E-state index < -0.39 is 23.2 Å². The van der Waals surface area contributed by atoms with E-state index in [1.807, 2.05) is 0 Å². The summed E-state index contributed by atoms with van der Waals surface area (Å²) in [6.07, 6.45) is 0. The van der Waals surface area contributed by atoms with E-state index in [1.54, 1.807) is 24.3 Å². The summed E-state index contributed by atoms with van der Waals surface area (Å²) < 4.78 is 32.2. The molecule has 0 fully saturated rings. The molecule has 1 N–H and O–H groups in total. The Morgan fingerprint density at radius 3 is 2.26 bits per heavy atom. The quantitative estimate of drug-likeness (QED) is 0.924. The zero-order valence-corrected chi connectivity index (χ0v) is 9.98. The molecule has 0 saturated heterocycles. The van der Waals surface area contributed by atoms with Gasteiger partial charge in [-0.2, -0.15) is 0 Å². The topological polar surface area (TPSA) is 46.5 Å². The number of carboxylic acids is 1. The van der Waals surface area contributed by atoms with Gasteiger partial charge in [0.25, 0.3) is 0 Å². The van der Waals surface area contributed by atoms with E-state index in [-0.39, 0.29) is 5.56 Å². The maximum atomic E-state index is 13.6. The molecule has 0 bridgehead atoms. The molecule has 0 aliphatic rings. The van der Waals surface area contributed by atoms with Crippen molar-refractivity contribution in [2.45, 2.75) is 0 Å². The fourth-order valence-electron chi connectivity index (χ4n) is 1.75. The average molecular weight is 264 g/mol. The number of hydrogen-bond acceptors (Lipinski definition) is 2. The molecule has 0 spiro atoms. The van der Waals surface area contributed by atoms with E-state index in [2.05, 4.69) is 0 Å². The van der Waals surface area contributed by atoms with E-state index in [9.17, 15) is 13.6 Å². The lowest BCUT2D eigenvalue weighted by atomic mass is 10.0. The molecule has 0 amide bonds. The van der Waals surface area contributed by atoms with Crippen molar-refractivity contribution in [1.82, 2.24) is 0 Å². The van der Waals surface area contributed by atoms with Gasteiger partial charge in [-0.3, -0.25) is 0 Å². The van der Waals surface area contributed by atoms with E-state index in [4.69, 9.17) is 9.84 Å². The van der Waals surface area contributed by atoms with Gasteiger partial charge in [-0.1, -0.05) is 12.1 Å². The molecule has 0 aliphatic heterocycles. The number of benzene rings is 2. The minimum Gasteiger partial charge on any atom is -0.497 e. The normalized spacial score (nSPS) is 10.3. The predicted molar refractivity (Wildman–Crippen MR) is 65.3 cm³/mol. The lowest BCUT2D eigenvalue weighted by molar-refractivity contribution is 0.0686. The second kappa shape index (κ2) is 5.06. The van der Waals surface area contributed by atoms with Gasteiger partial charge >= 0.3 is 5.97 Å². The standard InChI is InChI=1S/C14H10F2O3/c1-19-10-4-2-3-8(5-10)9-6-11(15)13(14(17)18)12(16)7-9/h2-7H,1H3,(H,17,18). The van der Waals surface area contributed by atoms with Crippen LogP contribution >= 0.6 is 0 Å². The zero-order valence-electron chi connectivity index (χ0n) is 9.98. The Labute approximate surface area is 108 Å². The van der Waals surface area contributed by atoms with Gasteiger partial charge in [0, 0.05) is 0 Å². The fraction of sp³-hybridized carbons (Fsp3) is 0.0714. The summed E-state index contributed by atoms with van der Waals surface area (Å²) in [5, 5.41) is 8.69. The molecule has 98 valence electrons. The third-order valence-electron chi connectivity index (χ3n) is 2.66. The van der Waals surface area contributed by atoms with E-state index in [0.29, 0.717) is 11.3 Å². The largest absolute Gasteiger partial charge is 0.497 e. The summed E-state index contributed by atoms with van der Waals surface area (Å²) in [5.41, 5.74) is -0.167. The van der Waals surface area contributed by atoms with Crippen molar-refractivity contribution < 1.29 is 23.4 Å². The minimum absolute atomic E-state index is 0.249. The number of carbonyl (C=O) groups is 1. The van der Waals surface area contributed by atoms with Gasteiger partial charge in [-0.25, -0.2) is 13.6 Å². The first-order valence-corrected chi connectivity index (χ1v) is 5.39. The SMILES string of the molecule is COc1cccc(-c2cc(F)c(C(=O)O)c(F)c2)c1. The number of ether oxygens (including phenoxy) is 1. The Kier molecular flexibility index (Phi) is 3.46. The van der Waals surface area contributed by atoms with Gasteiger partial charge in [0.1, 0.15) is 22.9 Å². The van der Waals surface area contributed by atoms with Gasteiger partial charge < -0.3 is 9.84 Å². The highest BCUT2D eigenvalue weighted by Gasteiger charge is 2.18. The van der Waals surface area contributed by atoms with E-state index >= 15 is 0 Å². The first-order chi connectivity index (χ1) is 9.02. The van der Waals surface area contributed by atoms with Crippen LogP contribution in [-0.2, 0) is 0 Å². The number of aromatic carboxylic acids is 1. The van der Waals surface area contributed by atoms with E-state index in [1.165, 1.54) is 7.11 Å². The van der Waals surface area contributed by atoms with Crippen LogP contribution in [0.3, 0.4) is 0 Å². The molecule has 2 aromatic rings. The molecule has 2 rings (SSSR count). The first kappa shape index (κ1) is 13.0. The highest BCUT2D eigenvalue weighted by molar-refractivity contribution is 5.89. The van der Waals surface area contributed by atoms with Gasteiger partial charge in [0.05, 0.1) is 7.11 Å². The van der Waals surface area contributed by atoms with Crippen LogP contribution in [0.2, 0.25) is 0 Å². The minimum atomic E-state index is -1.63. The van der Waals surface area contributed by atoms with Crippen LogP contribution in [0.1, 0.15) is 10.4 Å². The van der Waals surface area contributed by atoms with Crippen molar-refractivity contribution >= 4 is 5.97 Å². The zero-order chi connectivity index (χ0) is 14.0. The predicted octanol–water partition coefficient (Wildman–Crippen LogP) is 3.34. The number of halogens is 2. The van der Waals surface area contributed by atoms with Gasteiger partial charge in [-0.05, 0) is 35.4 Å². The highest BCUT2D eigenvalue weighted by Crippen LogP contribution is 2.27. The Balaban J connectivity index is 2.55. The van der Waals surface area contributed by atoms with Crippen molar-refractivity contribution in [1.29, 1.82) is 0 Å². The second-order valence-electron chi connectivity index (χ2n) is 3.85. The van der Waals surface area contributed by atoms with Crippen LogP contribution in [0.25, 0.3) is 11.1 Å². The molecule has 0 aromatic heterocycles. The second-order valence-corrected chi connectivity index (χ2v) is 3.85.